The van der Waals surface area contributed by atoms with Crippen LogP contribution in [0.15, 0.2) is 24.3 Å². The largest absolute Gasteiger partial charge is 0.310 e. The Morgan fingerprint density at radius 1 is 1.39 bits per heavy atom. The molecular weight excluding hydrogens is 242 g/mol. The molecule has 0 spiro atoms. The maximum absolute atomic E-state index is 4.60. The summed E-state index contributed by atoms with van der Waals surface area (Å²) in [6, 6.07) is 8.42. The Kier molecular flexibility index (Phi) is 3.08. The molecule has 0 atom stereocenters. The number of hydrogen-bond donors (Lipinski definition) is 1. The van der Waals surface area contributed by atoms with Crippen molar-refractivity contribution in [2.24, 2.45) is 7.05 Å². The lowest BCUT2D eigenvalue weighted by Gasteiger charge is -2.12. The number of thioether (sulfide) groups is 1. The van der Waals surface area contributed by atoms with Crippen LogP contribution >= 0.6 is 11.8 Å². The third-order valence-electron chi connectivity index (χ3n) is 3.81. The van der Waals surface area contributed by atoms with Gasteiger partial charge in [0.15, 0.2) is 0 Å². The highest BCUT2D eigenvalue weighted by Crippen LogP contribution is 2.46. The van der Waals surface area contributed by atoms with Gasteiger partial charge in [0, 0.05) is 30.3 Å². The molecule has 3 rings (SSSR count). The minimum atomic E-state index is 0.518. The van der Waals surface area contributed by atoms with Crippen molar-refractivity contribution in [3.8, 4) is 0 Å². The molecule has 4 heteroatoms. The van der Waals surface area contributed by atoms with E-state index in [4.69, 9.17) is 0 Å². The highest BCUT2D eigenvalue weighted by atomic mass is 32.2. The number of aryl methyl sites for hydroxylation is 1. The smallest absolute Gasteiger partial charge is 0.0841 e. The fraction of sp³-hybridized carbons (Fsp3) is 0.500. The molecule has 1 aromatic carbocycles. The second kappa shape index (κ2) is 4.59. The van der Waals surface area contributed by atoms with E-state index in [1.807, 2.05) is 23.5 Å². The van der Waals surface area contributed by atoms with Crippen molar-refractivity contribution < 1.29 is 0 Å². The van der Waals surface area contributed by atoms with Crippen molar-refractivity contribution >= 4 is 22.7 Å². The second-order valence-corrected chi connectivity index (χ2v) is 6.35. The zero-order valence-corrected chi connectivity index (χ0v) is 11.8. The van der Waals surface area contributed by atoms with E-state index in [9.17, 15) is 0 Å². The van der Waals surface area contributed by atoms with Crippen molar-refractivity contribution in [3.63, 3.8) is 0 Å². The maximum atomic E-state index is 4.60. The fourth-order valence-electron chi connectivity index (χ4n) is 2.42. The van der Waals surface area contributed by atoms with Crippen molar-refractivity contribution in [1.29, 1.82) is 0 Å². The molecular formula is C14H19N3S. The lowest BCUT2D eigenvalue weighted by Crippen LogP contribution is -2.25. The molecule has 1 aliphatic carbocycles. The Labute approximate surface area is 112 Å². The molecule has 0 saturated heterocycles. The van der Waals surface area contributed by atoms with E-state index < -0.39 is 0 Å². The van der Waals surface area contributed by atoms with Gasteiger partial charge in [0.05, 0.1) is 11.2 Å². The van der Waals surface area contributed by atoms with Crippen LogP contribution in [0.5, 0.6) is 0 Å². The molecule has 0 amide bonds. The predicted molar refractivity (Wildman–Crippen MR) is 77.9 cm³/mol. The van der Waals surface area contributed by atoms with Gasteiger partial charge in [-0.1, -0.05) is 18.2 Å². The molecule has 1 fully saturated rings. The maximum Gasteiger partial charge on any atom is 0.0841 e. The van der Waals surface area contributed by atoms with E-state index in [2.05, 4.69) is 40.9 Å². The summed E-state index contributed by atoms with van der Waals surface area (Å²) in [5.41, 5.74) is 2.37. The molecule has 1 N–H and O–H groups in total. The van der Waals surface area contributed by atoms with Crippen LogP contribution in [0.25, 0.3) is 10.9 Å². The van der Waals surface area contributed by atoms with Crippen LogP contribution in [0.4, 0.5) is 0 Å². The Morgan fingerprint density at radius 3 is 2.89 bits per heavy atom. The Bertz CT molecular complexity index is 557. The van der Waals surface area contributed by atoms with E-state index in [-0.39, 0.29) is 0 Å². The highest BCUT2D eigenvalue weighted by molar-refractivity contribution is 8.00. The number of benzene rings is 1. The topological polar surface area (TPSA) is 29.9 Å². The number of para-hydroxylation sites is 1. The van der Waals surface area contributed by atoms with Crippen LogP contribution in [0.1, 0.15) is 18.5 Å². The van der Waals surface area contributed by atoms with Gasteiger partial charge in [-0.05, 0) is 25.2 Å². The first kappa shape index (κ1) is 12.1. The molecule has 3 nitrogen and oxygen atoms in total. The van der Waals surface area contributed by atoms with Gasteiger partial charge in [-0.3, -0.25) is 4.68 Å². The number of nitrogens with zero attached hydrogens (tertiary/aromatic N) is 2. The zero-order valence-electron chi connectivity index (χ0n) is 10.9. The molecule has 18 heavy (non-hydrogen) atoms. The average Bonchev–Trinajstić information content (AvgIpc) is 3.11. The molecule has 1 heterocycles. The van der Waals surface area contributed by atoms with Crippen LogP contribution in [0, 0.1) is 0 Å². The second-order valence-electron chi connectivity index (χ2n) is 5.08. The van der Waals surface area contributed by atoms with Crippen molar-refractivity contribution in [1.82, 2.24) is 15.1 Å². The van der Waals surface area contributed by atoms with E-state index in [0.717, 1.165) is 18.8 Å². The number of hydrogen-bond acceptors (Lipinski definition) is 3. The van der Waals surface area contributed by atoms with Crippen LogP contribution in [-0.4, -0.2) is 27.3 Å². The summed E-state index contributed by atoms with van der Waals surface area (Å²) in [4.78, 5) is 0. The molecule has 0 aliphatic heterocycles. The third-order valence-corrected chi connectivity index (χ3v) is 5.23. The summed E-state index contributed by atoms with van der Waals surface area (Å²) >= 11 is 1.99. The summed E-state index contributed by atoms with van der Waals surface area (Å²) < 4.78 is 2.48. The van der Waals surface area contributed by atoms with E-state index in [0.29, 0.717) is 4.75 Å². The van der Waals surface area contributed by atoms with Gasteiger partial charge in [-0.25, -0.2) is 0 Å². The van der Waals surface area contributed by atoms with Gasteiger partial charge < -0.3 is 5.32 Å². The van der Waals surface area contributed by atoms with Crippen LogP contribution in [0.2, 0.25) is 0 Å². The number of aromatic nitrogens is 2. The van der Waals surface area contributed by atoms with E-state index in [1.165, 1.54) is 23.7 Å². The minimum Gasteiger partial charge on any atom is -0.310 e. The number of fused-ring (bicyclic) bond motifs is 1. The zero-order chi connectivity index (χ0) is 12.6. The van der Waals surface area contributed by atoms with Crippen molar-refractivity contribution in [2.75, 3.05) is 12.8 Å². The quantitative estimate of drug-likeness (QED) is 0.897. The van der Waals surface area contributed by atoms with Gasteiger partial charge in [0.1, 0.15) is 0 Å². The van der Waals surface area contributed by atoms with Gasteiger partial charge in [0.2, 0.25) is 0 Å². The monoisotopic (exact) mass is 261 g/mol. The molecule has 0 bridgehead atoms. The third kappa shape index (κ3) is 2.15. The number of rotatable bonds is 5. The first-order valence-corrected chi connectivity index (χ1v) is 7.63. The van der Waals surface area contributed by atoms with E-state index >= 15 is 0 Å². The van der Waals surface area contributed by atoms with Gasteiger partial charge in [-0.15, -0.1) is 0 Å². The summed E-state index contributed by atoms with van der Waals surface area (Å²) in [6.45, 7) is 1.96. The predicted octanol–water partition coefficient (Wildman–Crippen LogP) is 2.56. The van der Waals surface area contributed by atoms with Crippen LogP contribution < -0.4 is 5.32 Å². The first-order valence-electron chi connectivity index (χ1n) is 6.41. The number of nitrogens with one attached hydrogen (secondary N) is 1. The molecule has 1 saturated carbocycles. The molecule has 96 valence electrons. The van der Waals surface area contributed by atoms with E-state index in [1.54, 1.807) is 0 Å². The van der Waals surface area contributed by atoms with Crippen molar-refractivity contribution in [3.05, 3.63) is 30.0 Å². The highest BCUT2D eigenvalue weighted by Gasteiger charge is 2.41. The molecule has 0 radical (unpaired) electrons. The minimum absolute atomic E-state index is 0.518. The SMILES string of the molecule is CSC1(CNCc2nn(C)c3ccccc23)CC1. The Balaban J connectivity index is 1.71. The first-order chi connectivity index (χ1) is 8.74. The van der Waals surface area contributed by atoms with Crippen LogP contribution in [0.3, 0.4) is 0 Å². The lowest BCUT2D eigenvalue weighted by atomic mass is 10.2. The molecule has 1 aromatic heterocycles. The fourth-order valence-corrected chi connectivity index (χ4v) is 3.18. The lowest BCUT2D eigenvalue weighted by molar-refractivity contribution is 0.641. The van der Waals surface area contributed by atoms with Gasteiger partial charge in [-0.2, -0.15) is 16.9 Å². The van der Waals surface area contributed by atoms with Crippen LogP contribution in [-0.2, 0) is 13.6 Å². The summed E-state index contributed by atoms with van der Waals surface area (Å²) in [5, 5.41) is 9.43. The van der Waals surface area contributed by atoms with Crippen molar-refractivity contribution in [2.45, 2.75) is 24.1 Å². The standard InChI is InChI=1S/C14H19N3S/c1-17-13-6-4-3-5-11(13)12(16-17)9-15-10-14(18-2)7-8-14/h3-6,15H,7-10H2,1-2H3. The van der Waals surface area contributed by atoms with Gasteiger partial charge >= 0.3 is 0 Å². The molecule has 1 aliphatic rings. The van der Waals surface area contributed by atoms with Gasteiger partial charge in [0.25, 0.3) is 0 Å². The normalized spacial score (nSPS) is 17.2. The summed E-state index contributed by atoms with van der Waals surface area (Å²) in [7, 11) is 2.01. The summed E-state index contributed by atoms with van der Waals surface area (Å²) in [6.07, 6.45) is 4.92. The molecule has 0 unspecified atom stereocenters. The Morgan fingerprint density at radius 2 is 2.17 bits per heavy atom. The Hall–Kier alpha value is -1.00. The summed E-state index contributed by atoms with van der Waals surface area (Å²) in [5.74, 6) is 0. The molecule has 2 aromatic rings. The average molecular weight is 261 g/mol.